The van der Waals surface area contributed by atoms with Crippen molar-refractivity contribution in [2.75, 3.05) is 6.54 Å². The highest BCUT2D eigenvalue weighted by Crippen LogP contribution is 2.37. The normalized spacial score (nSPS) is 11.7. The van der Waals surface area contributed by atoms with Crippen LogP contribution in [0, 0.1) is 0 Å². The first-order valence-electron chi connectivity index (χ1n) is 10.0. The molecule has 0 saturated heterocycles. The Morgan fingerprint density at radius 1 is 1.09 bits per heavy atom. The lowest BCUT2D eigenvalue weighted by molar-refractivity contribution is -0.141. The molecule has 4 aromatic rings. The second kappa shape index (κ2) is 9.03. The van der Waals surface area contributed by atoms with Crippen molar-refractivity contribution >= 4 is 40.1 Å². The molecule has 0 aliphatic carbocycles. The van der Waals surface area contributed by atoms with Crippen molar-refractivity contribution < 1.29 is 18.0 Å². The largest absolute Gasteiger partial charge is 0.434 e. The Bertz CT molecular complexity index is 1330. The van der Waals surface area contributed by atoms with Crippen LogP contribution >= 0.6 is 23.2 Å². The fraction of sp³-hybridized carbons (Fsp3) is 0.174. The number of carbonyl (C=O) groups is 1. The van der Waals surface area contributed by atoms with Crippen molar-refractivity contribution in [3.05, 3.63) is 75.9 Å². The number of benzene rings is 2. The molecule has 0 saturated carbocycles. The van der Waals surface area contributed by atoms with Crippen LogP contribution in [-0.2, 0) is 6.18 Å². The minimum atomic E-state index is -4.85. The van der Waals surface area contributed by atoms with Crippen LogP contribution in [0.4, 0.5) is 13.2 Å². The summed E-state index contributed by atoms with van der Waals surface area (Å²) in [7, 11) is 0. The van der Waals surface area contributed by atoms with Gasteiger partial charge in [0, 0.05) is 22.5 Å². The highest BCUT2D eigenvalue weighted by Gasteiger charge is 2.38. The van der Waals surface area contributed by atoms with Crippen LogP contribution < -0.4 is 5.32 Å². The third kappa shape index (κ3) is 4.54. The molecule has 4 rings (SSSR count). The molecule has 2 heterocycles. The van der Waals surface area contributed by atoms with E-state index in [0.29, 0.717) is 33.4 Å². The predicted molar refractivity (Wildman–Crippen MR) is 122 cm³/mol. The summed E-state index contributed by atoms with van der Waals surface area (Å²) in [6.07, 6.45) is -4.27. The van der Waals surface area contributed by atoms with Gasteiger partial charge < -0.3 is 5.32 Å². The quantitative estimate of drug-likeness (QED) is 0.343. The molecule has 0 unspecified atom stereocenters. The van der Waals surface area contributed by atoms with Crippen molar-refractivity contribution in [1.82, 2.24) is 20.1 Å². The van der Waals surface area contributed by atoms with Crippen LogP contribution in [0.15, 0.2) is 54.6 Å². The van der Waals surface area contributed by atoms with Crippen molar-refractivity contribution in [2.45, 2.75) is 19.5 Å². The summed E-state index contributed by atoms with van der Waals surface area (Å²) in [4.78, 5) is 16.4. The molecule has 33 heavy (non-hydrogen) atoms. The van der Waals surface area contributed by atoms with Crippen molar-refractivity contribution in [3.8, 4) is 16.9 Å². The molecule has 2 aromatic heterocycles. The number of para-hydroxylation sites is 1. The second-order valence-electron chi connectivity index (χ2n) is 7.23. The first kappa shape index (κ1) is 23.1. The molecule has 170 valence electrons. The number of alkyl halides is 3. The van der Waals surface area contributed by atoms with E-state index in [1.807, 2.05) is 0 Å². The molecule has 1 amide bonds. The molecule has 10 heteroatoms. The number of nitrogens with zero attached hydrogens (tertiary/aromatic N) is 3. The van der Waals surface area contributed by atoms with Gasteiger partial charge in [0.15, 0.2) is 11.3 Å². The van der Waals surface area contributed by atoms with Gasteiger partial charge >= 0.3 is 6.18 Å². The lowest BCUT2D eigenvalue weighted by atomic mass is 10.0. The molecule has 0 spiro atoms. The smallest absolute Gasteiger partial charge is 0.352 e. The fourth-order valence-corrected chi connectivity index (χ4v) is 3.76. The van der Waals surface area contributed by atoms with Crippen molar-refractivity contribution in [2.24, 2.45) is 0 Å². The zero-order chi connectivity index (χ0) is 23.8. The Morgan fingerprint density at radius 2 is 1.79 bits per heavy atom. The molecule has 1 N–H and O–H groups in total. The molecule has 0 aliphatic heterocycles. The number of amides is 1. The van der Waals surface area contributed by atoms with E-state index in [-0.39, 0.29) is 17.6 Å². The van der Waals surface area contributed by atoms with Crippen molar-refractivity contribution in [1.29, 1.82) is 0 Å². The Labute approximate surface area is 197 Å². The summed E-state index contributed by atoms with van der Waals surface area (Å²) in [5.41, 5.74) is -0.539. The average Bonchev–Trinajstić information content (AvgIpc) is 3.15. The minimum absolute atomic E-state index is 0.167. The van der Waals surface area contributed by atoms with E-state index in [0.717, 1.165) is 0 Å². The Kier molecular flexibility index (Phi) is 6.32. The molecule has 0 aliphatic rings. The topological polar surface area (TPSA) is 59.8 Å². The average molecular weight is 493 g/mol. The van der Waals surface area contributed by atoms with E-state index in [9.17, 15) is 18.0 Å². The van der Waals surface area contributed by atoms with Gasteiger partial charge in [-0.3, -0.25) is 4.79 Å². The number of rotatable bonds is 5. The third-order valence-electron chi connectivity index (χ3n) is 4.91. The summed E-state index contributed by atoms with van der Waals surface area (Å²) in [5, 5.41) is 7.94. The number of pyridine rings is 1. The van der Waals surface area contributed by atoms with E-state index < -0.39 is 23.3 Å². The van der Waals surface area contributed by atoms with Gasteiger partial charge in [-0.25, -0.2) is 9.67 Å². The van der Waals surface area contributed by atoms with Gasteiger partial charge in [0.05, 0.1) is 22.0 Å². The van der Waals surface area contributed by atoms with Crippen molar-refractivity contribution in [3.63, 3.8) is 0 Å². The zero-order valence-electron chi connectivity index (χ0n) is 17.3. The summed E-state index contributed by atoms with van der Waals surface area (Å²) < 4.78 is 42.9. The maximum Gasteiger partial charge on any atom is 0.434 e. The van der Waals surface area contributed by atoms with E-state index in [2.05, 4.69) is 15.4 Å². The summed E-state index contributed by atoms with van der Waals surface area (Å²) in [6, 6.07) is 14.7. The fourth-order valence-electron chi connectivity index (χ4n) is 3.42. The lowest BCUT2D eigenvalue weighted by Gasteiger charge is -2.12. The Balaban J connectivity index is 2.06. The van der Waals surface area contributed by atoms with E-state index in [1.165, 1.54) is 10.7 Å². The first-order chi connectivity index (χ1) is 15.7. The highest BCUT2D eigenvalue weighted by atomic mass is 35.5. The maximum absolute atomic E-state index is 13.8. The van der Waals surface area contributed by atoms with E-state index >= 15 is 0 Å². The van der Waals surface area contributed by atoms with E-state index in [1.54, 1.807) is 55.5 Å². The molecule has 0 atom stereocenters. The summed E-state index contributed by atoms with van der Waals surface area (Å²) in [6.45, 7) is 2.04. The van der Waals surface area contributed by atoms with Gasteiger partial charge in [-0.05, 0) is 36.8 Å². The number of hydrogen-bond acceptors (Lipinski definition) is 3. The van der Waals surface area contributed by atoms with Crippen LogP contribution in [0.25, 0.3) is 28.0 Å². The van der Waals surface area contributed by atoms with E-state index in [4.69, 9.17) is 23.2 Å². The number of carbonyl (C=O) groups excluding carboxylic acids is 1. The van der Waals surface area contributed by atoms with Gasteiger partial charge in [-0.15, -0.1) is 5.10 Å². The van der Waals surface area contributed by atoms with Gasteiger partial charge in [0.2, 0.25) is 0 Å². The number of hydrogen-bond donors (Lipinski definition) is 1. The van der Waals surface area contributed by atoms with Crippen LogP contribution in [0.3, 0.4) is 0 Å². The number of aromatic nitrogens is 3. The lowest BCUT2D eigenvalue weighted by Crippen LogP contribution is -2.27. The summed E-state index contributed by atoms with van der Waals surface area (Å²) >= 11 is 12.4. The molecular formula is C23H17Cl2F3N4O. The molecule has 0 radical (unpaired) electrons. The highest BCUT2D eigenvalue weighted by molar-refractivity contribution is 6.32. The van der Waals surface area contributed by atoms with Gasteiger partial charge in [-0.1, -0.05) is 54.4 Å². The number of fused-ring (bicyclic) bond motifs is 1. The van der Waals surface area contributed by atoms with Gasteiger partial charge in [-0.2, -0.15) is 13.2 Å². The number of nitrogens with one attached hydrogen (secondary N) is 1. The SMILES string of the molecule is CCCNC(=O)c1cc2c(-c3ccc(Cl)cc3)n(-c3ccccc3Cl)nc2nc1C(F)(F)F. The predicted octanol–water partition coefficient (Wildman–Crippen LogP) is 6.55. The Hall–Kier alpha value is -3.10. The maximum atomic E-state index is 13.8. The monoisotopic (exact) mass is 492 g/mol. The molecule has 0 fully saturated rings. The van der Waals surface area contributed by atoms with Gasteiger partial charge in [0.1, 0.15) is 0 Å². The molecule has 0 bridgehead atoms. The van der Waals surface area contributed by atoms with Crippen LogP contribution in [0.1, 0.15) is 29.4 Å². The van der Waals surface area contributed by atoms with Crippen LogP contribution in [0.5, 0.6) is 0 Å². The summed E-state index contributed by atoms with van der Waals surface area (Å²) in [5.74, 6) is -0.855. The standard InChI is InChI=1S/C23H17Cl2F3N4O/c1-2-11-29-22(33)16-12-15-19(13-7-9-14(24)10-8-13)32(18-6-4-3-5-17(18)25)31-21(15)30-20(16)23(26,27)28/h3-10,12H,2,11H2,1H3,(H,29,33). The molecule has 2 aromatic carbocycles. The number of halogens is 5. The zero-order valence-corrected chi connectivity index (χ0v) is 18.8. The van der Waals surface area contributed by atoms with Crippen LogP contribution in [0.2, 0.25) is 10.0 Å². The second-order valence-corrected chi connectivity index (χ2v) is 8.07. The third-order valence-corrected chi connectivity index (χ3v) is 5.48. The Morgan fingerprint density at radius 3 is 2.42 bits per heavy atom. The molecule has 5 nitrogen and oxygen atoms in total. The molecular weight excluding hydrogens is 476 g/mol. The first-order valence-corrected chi connectivity index (χ1v) is 10.8. The van der Waals surface area contributed by atoms with Gasteiger partial charge in [0.25, 0.3) is 5.91 Å². The minimum Gasteiger partial charge on any atom is -0.352 e. The van der Waals surface area contributed by atoms with Crippen LogP contribution in [-0.4, -0.2) is 27.2 Å².